The van der Waals surface area contributed by atoms with E-state index in [0.717, 1.165) is 31.2 Å². The van der Waals surface area contributed by atoms with Crippen molar-refractivity contribution in [3.05, 3.63) is 34.9 Å². The number of hydrogen-bond acceptors (Lipinski definition) is 3. The van der Waals surface area contributed by atoms with Crippen LogP contribution >= 0.6 is 11.6 Å². The van der Waals surface area contributed by atoms with Crippen LogP contribution in [0.1, 0.15) is 12.0 Å². The van der Waals surface area contributed by atoms with Gasteiger partial charge in [0.1, 0.15) is 0 Å². The summed E-state index contributed by atoms with van der Waals surface area (Å²) in [6.45, 7) is 3.29. The molecule has 1 heterocycles. The normalized spacial score (nSPS) is 21.4. The molecule has 1 saturated heterocycles. The highest BCUT2D eigenvalue weighted by Gasteiger charge is 2.27. The van der Waals surface area contributed by atoms with Gasteiger partial charge in [0, 0.05) is 36.7 Å². The molecule has 3 nitrogen and oxygen atoms in total. The lowest BCUT2D eigenvalue weighted by Crippen LogP contribution is -2.43. The van der Waals surface area contributed by atoms with E-state index < -0.39 is 0 Å². The molecular formula is C14H21ClN2O. The largest absolute Gasteiger partial charge is 0.381 e. The van der Waals surface area contributed by atoms with Crippen molar-refractivity contribution in [1.82, 2.24) is 4.90 Å². The number of halogens is 1. The molecule has 0 bridgehead atoms. The smallest absolute Gasteiger partial charge is 0.0510 e. The third-order valence-corrected chi connectivity index (χ3v) is 3.91. The number of ether oxygens (including phenoxy) is 1. The molecule has 4 heteroatoms. The van der Waals surface area contributed by atoms with Gasteiger partial charge in [-0.1, -0.05) is 23.7 Å². The molecule has 1 aliphatic heterocycles. The number of nitrogens with two attached hydrogens (primary N) is 1. The SMILES string of the molecule is CN(Cc1ccc(Cl)cc1)C(CN)C1CCOC1. The number of nitrogens with zero attached hydrogens (tertiary/aromatic N) is 1. The Balaban J connectivity index is 1.96. The van der Waals surface area contributed by atoms with E-state index in [-0.39, 0.29) is 0 Å². The molecule has 1 aromatic rings. The summed E-state index contributed by atoms with van der Waals surface area (Å²) in [5, 5.41) is 0.779. The molecule has 0 spiro atoms. The Hall–Kier alpha value is -0.610. The number of benzene rings is 1. The summed E-state index contributed by atoms with van der Waals surface area (Å²) in [6, 6.07) is 8.39. The minimum Gasteiger partial charge on any atom is -0.381 e. The van der Waals surface area contributed by atoms with Crippen LogP contribution in [0.5, 0.6) is 0 Å². The van der Waals surface area contributed by atoms with Crippen LogP contribution in [0.15, 0.2) is 24.3 Å². The van der Waals surface area contributed by atoms with Crippen molar-refractivity contribution in [2.75, 3.05) is 26.8 Å². The molecule has 2 unspecified atom stereocenters. The molecule has 1 aromatic carbocycles. The Kier molecular flexibility index (Phi) is 5.01. The van der Waals surface area contributed by atoms with Crippen molar-refractivity contribution >= 4 is 11.6 Å². The quantitative estimate of drug-likeness (QED) is 0.889. The fourth-order valence-corrected chi connectivity index (χ4v) is 2.71. The first-order valence-electron chi connectivity index (χ1n) is 6.43. The molecule has 1 fully saturated rings. The van der Waals surface area contributed by atoms with Crippen LogP contribution in [0.3, 0.4) is 0 Å². The number of rotatable bonds is 5. The van der Waals surface area contributed by atoms with E-state index in [1.54, 1.807) is 0 Å². The van der Waals surface area contributed by atoms with Gasteiger partial charge in [0.25, 0.3) is 0 Å². The zero-order chi connectivity index (χ0) is 13.0. The predicted molar refractivity (Wildman–Crippen MR) is 74.7 cm³/mol. The van der Waals surface area contributed by atoms with Gasteiger partial charge in [0.05, 0.1) is 6.61 Å². The van der Waals surface area contributed by atoms with Crippen molar-refractivity contribution in [2.24, 2.45) is 11.7 Å². The van der Waals surface area contributed by atoms with Gasteiger partial charge in [-0.05, 0) is 31.2 Å². The molecule has 0 amide bonds. The topological polar surface area (TPSA) is 38.5 Å². The Morgan fingerprint density at radius 2 is 2.17 bits per heavy atom. The second kappa shape index (κ2) is 6.53. The van der Waals surface area contributed by atoms with Crippen molar-refractivity contribution in [1.29, 1.82) is 0 Å². The highest BCUT2D eigenvalue weighted by Crippen LogP contribution is 2.21. The van der Waals surface area contributed by atoms with Crippen LogP contribution < -0.4 is 5.73 Å². The van der Waals surface area contributed by atoms with Gasteiger partial charge in [-0.15, -0.1) is 0 Å². The van der Waals surface area contributed by atoms with Gasteiger partial charge in [-0.3, -0.25) is 4.90 Å². The highest BCUT2D eigenvalue weighted by molar-refractivity contribution is 6.30. The van der Waals surface area contributed by atoms with Crippen molar-refractivity contribution in [2.45, 2.75) is 19.0 Å². The molecule has 100 valence electrons. The Labute approximate surface area is 114 Å². The summed E-state index contributed by atoms with van der Waals surface area (Å²) in [6.07, 6.45) is 1.12. The van der Waals surface area contributed by atoms with Crippen LogP contribution in [0, 0.1) is 5.92 Å². The maximum Gasteiger partial charge on any atom is 0.0510 e. The molecule has 1 aliphatic rings. The van der Waals surface area contributed by atoms with Gasteiger partial charge in [0.2, 0.25) is 0 Å². The molecule has 2 rings (SSSR count). The molecule has 2 N–H and O–H groups in total. The number of hydrogen-bond donors (Lipinski definition) is 1. The lowest BCUT2D eigenvalue weighted by molar-refractivity contribution is 0.136. The Bertz CT molecular complexity index is 363. The van der Waals surface area contributed by atoms with E-state index in [9.17, 15) is 0 Å². The predicted octanol–water partition coefficient (Wildman–Crippen LogP) is 2.14. The van der Waals surface area contributed by atoms with Gasteiger partial charge < -0.3 is 10.5 Å². The highest BCUT2D eigenvalue weighted by atomic mass is 35.5. The van der Waals surface area contributed by atoms with E-state index in [1.165, 1.54) is 5.56 Å². The van der Waals surface area contributed by atoms with Crippen LogP contribution in [0.4, 0.5) is 0 Å². The fourth-order valence-electron chi connectivity index (χ4n) is 2.58. The van der Waals surface area contributed by atoms with Gasteiger partial charge in [-0.25, -0.2) is 0 Å². The van der Waals surface area contributed by atoms with Crippen LogP contribution in [0.2, 0.25) is 5.02 Å². The first-order chi connectivity index (χ1) is 8.70. The summed E-state index contributed by atoms with van der Waals surface area (Å²) in [5.41, 5.74) is 7.18. The van der Waals surface area contributed by atoms with E-state index in [0.29, 0.717) is 18.5 Å². The molecule has 0 radical (unpaired) electrons. The average Bonchev–Trinajstić information content (AvgIpc) is 2.87. The van der Waals surface area contributed by atoms with Gasteiger partial charge >= 0.3 is 0 Å². The minimum atomic E-state index is 0.392. The van der Waals surface area contributed by atoms with Crippen molar-refractivity contribution in [3.8, 4) is 0 Å². The Morgan fingerprint density at radius 1 is 1.44 bits per heavy atom. The van der Waals surface area contributed by atoms with E-state index in [2.05, 4.69) is 24.1 Å². The van der Waals surface area contributed by atoms with Crippen LogP contribution in [0.25, 0.3) is 0 Å². The minimum absolute atomic E-state index is 0.392. The van der Waals surface area contributed by atoms with Crippen molar-refractivity contribution < 1.29 is 4.74 Å². The summed E-state index contributed by atoms with van der Waals surface area (Å²) in [5.74, 6) is 0.562. The average molecular weight is 269 g/mol. The third-order valence-electron chi connectivity index (χ3n) is 3.66. The first-order valence-corrected chi connectivity index (χ1v) is 6.81. The van der Waals surface area contributed by atoms with E-state index >= 15 is 0 Å². The molecule has 2 atom stereocenters. The number of likely N-dealkylation sites (N-methyl/N-ethyl adjacent to an activating group) is 1. The first kappa shape index (κ1) is 13.8. The second-order valence-corrected chi connectivity index (χ2v) is 5.40. The zero-order valence-electron chi connectivity index (χ0n) is 10.8. The Morgan fingerprint density at radius 3 is 2.72 bits per heavy atom. The van der Waals surface area contributed by atoms with Gasteiger partial charge in [-0.2, -0.15) is 0 Å². The monoisotopic (exact) mass is 268 g/mol. The molecule has 0 aliphatic carbocycles. The maximum atomic E-state index is 5.91. The van der Waals surface area contributed by atoms with E-state index in [4.69, 9.17) is 22.1 Å². The summed E-state index contributed by atoms with van der Waals surface area (Å²) < 4.78 is 5.46. The molecular weight excluding hydrogens is 248 g/mol. The third kappa shape index (κ3) is 3.45. The van der Waals surface area contributed by atoms with Gasteiger partial charge in [0.15, 0.2) is 0 Å². The van der Waals surface area contributed by atoms with E-state index in [1.807, 2.05) is 12.1 Å². The van der Waals surface area contributed by atoms with Crippen LogP contribution in [-0.2, 0) is 11.3 Å². The fraction of sp³-hybridized carbons (Fsp3) is 0.571. The lowest BCUT2D eigenvalue weighted by atomic mass is 9.97. The lowest BCUT2D eigenvalue weighted by Gasteiger charge is -2.31. The summed E-state index contributed by atoms with van der Waals surface area (Å²) in [7, 11) is 2.13. The molecule has 18 heavy (non-hydrogen) atoms. The maximum absolute atomic E-state index is 5.91. The summed E-state index contributed by atoms with van der Waals surface area (Å²) in [4.78, 5) is 2.32. The molecule has 0 aromatic heterocycles. The standard InChI is InChI=1S/C14H21ClN2O/c1-17(9-11-2-4-13(15)5-3-11)14(8-16)12-6-7-18-10-12/h2-5,12,14H,6-10,16H2,1H3. The molecule has 0 saturated carbocycles. The second-order valence-electron chi connectivity index (χ2n) is 4.97. The van der Waals surface area contributed by atoms with Crippen molar-refractivity contribution in [3.63, 3.8) is 0 Å². The summed E-state index contributed by atoms with van der Waals surface area (Å²) >= 11 is 5.89. The van der Waals surface area contributed by atoms with Crippen LogP contribution in [-0.4, -0.2) is 37.7 Å². The zero-order valence-corrected chi connectivity index (χ0v) is 11.6.